The summed E-state index contributed by atoms with van der Waals surface area (Å²) >= 11 is 5.07. The van der Waals surface area contributed by atoms with Crippen LogP contribution in [0, 0.1) is 5.82 Å². The quantitative estimate of drug-likeness (QED) is 0.387. The molecule has 1 amide bonds. The molecule has 2 aromatic carbocycles. The highest BCUT2D eigenvalue weighted by atomic mass is 32.1. The molecule has 0 aliphatic carbocycles. The largest absolute Gasteiger partial charge is 0.493 e. The summed E-state index contributed by atoms with van der Waals surface area (Å²) < 4.78 is 36.2. The SMILES string of the molecule is COc1cc2nccc(Oc3ccc(NC(=S)NC(=O)c4ccco4)c(F)c3)c2cc1OC. The maximum absolute atomic E-state index is 14.7. The summed E-state index contributed by atoms with van der Waals surface area (Å²) in [7, 11) is 3.07. The van der Waals surface area contributed by atoms with Gasteiger partial charge < -0.3 is 23.9 Å². The zero-order valence-corrected chi connectivity index (χ0v) is 18.4. The molecule has 10 heteroatoms. The molecule has 2 heterocycles. The Kier molecular flexibility index (Phi) is 6.36. The van der Waals surface area contributed by atoms with Crippen LogP contribution in [0.25, 0.3) is 10.9 Å². The molecule has 0 saturated heterocycles. The number of hydrogen-bond donors (Lipinski definition) is 2. The predicted octanol–water partition coefficient (Wildman–Crippen LogP) is 4.90. The molecule has 4 rings (SSSR count). The Balaban J connectivity index is 1.51. The first kappa shape index (κ1) is 22.0. The average molecular weight is 467 g/mol. The number of rotatable bonds is 6. The number of carbonyl (C=O) groups excluding carboxylic acids is 1. The van der Waals surface area contributed by atoms with E-state index in [9.17, 15) is 9.18 Å². The van der Waals surface area contributed by atoms with Gasteiger partial charge in [0.15, 0.2) is 22.4 Å². The van der Waals surface area contributed by atoms with E-state index in [1.54, 1.807) is 36.5 Å². The molecule has 168 valence electrons. The highest BCUT2D eigenvalue weighted by Gasteiger charge is 2.14. The normalized spacial score (nSPS) is 10.5. The van der Waals surface area contributed by atoms with E-state index in [4.69, 9.17) is 30.8 Å². The van der Waals surface area contributed by atoms with Gasteiger partial charge in [0.1, 0.15) is 17.3 Å². The van der Waals surface area contributed by atoms with E-state index in [2.05, 4.69) is 15.6 Å². The maximum atomic E-state index is 14.7. The van der Waals surface area contributed by atoms with Gasteiger partial charge in [0.25, 0.3) is 5.91 Å². The van der Waals surface area contributed by atoms with Crippen molar-refractivity contribution >= 4 is 39.8 Å². The molecule has 0 saturated carbocycles. The Morgan fingerprint density at radius 1 is 1.06 bits per heavy atom. The van der Waals surface area contributed by atoms with E-state index < -0.39 is 11.7 Å². The Labute approximate surface area is 193 Å². The van der Waals surface area contributed by atoms with Crippen molar-refractivity contribution in [1.29, 1.82) is 0 Å². The molecule has 0 aliphatic heterocycles. The van der Waals surface area contributed by atoms with Crippen LogP contribution >= 0.6 is 12.2 Å². The van der Waals surface area contributed by atoms with Crippen LogP contribution in [-0.4, -0.2) is 30.2 Å². The Bertz CT molecular complexity index is 1330. The lowest BCUT2D eigenvalue weighted by atomic mass is 10.2. The summed E-state index contributed by atoms with van der Waals surface area (Å²) in [4.78, 5) is 16.3. The number of amides is 1. The van der Waals surface area contributed by atoms with Crippen LogP contribution in [0.5, 0.6) is 23.0 Å². The van der Waals surface area contributed by atoms with Gasteiger partial charge in [-0.05, 0) is 48.6 Å². The van der Waals surface area contributed by atoms with Crippen molar-refractivity contribution in [2.75, 3.05) is 19.5 Å². The monoisotopic (exact) mass is 467 g/mol. The molecule has 0 fully saturated rings. The maximum Gasteiger partial charge on any atom is 0.293 e. The first-order valence-corrected chi connectivity index (χ1v) is 10.0. The lowest BCUT2D eigenvalue weighted by Gasteiger charge is -2.13. The second-order valence-corrected chi connectivity index (χ2v) is 7.07. The van der Waals surface area contributed by atoms with Crippen molar-refractivity contribution in [3.8, 4) is 23.0 Å². The zero-order chi connectivity index (χ0) is 23.4. The van der Waals surface area contributed by atoms with Gasteiger partial charge in [0.2, 0.25) is 0 Å². The molecule has 33 heavy (non-hydrogen) atoms. The number of ether oxygens (including phenoxy) is 3. The highest BCUT2D eigenvalue weighted by molar-refractivity contribution is 7.80. The van der Waals surface area contributed by atoms with Crippen LogP contribution in [0.3, 0.4) is 0 Å². The van der Waals surface area contributed by atoms with Crippen molar-refractivity contribution in [3.63, 3.8) is 0 Å². The first-order chi connectivity index (χ1) is 16.0. The van der Waals surface area contributed by atoms with E-state index in [0.717, 1.165) is 0 Å². The van der Waals surface area contributed by atoms with Crippen LogP contribution < -0.4 is 24.8 Å². The third kappa shape index (κ3) is 4.85. The second kappa shape index (κ2) is 9.53. The number of nitrogens with one attached hydrogen (secondary N) is 2. The zero-order valence-electron chi connectivity index (χ0n) is 17.5. The number of nitrogens with zero attached hydrogens (tertiary/aromatic N) is 1. The fraction of sp³-hybridized carbons (Fsp3) is 0.0870. The lowest BCUT2D eigenvalue weighted by molar-refractivity contribution is 0.0950. The molecule has 2 N–H and O–H groups in total. The van der Waals surface area contributed by atoms with Crippen LogP contribution in [0.4, 0.5) is 10.1 Å². The van der Waals surface area contributed by atoms with Gasteiger partial charge >= 0.3 is 0 Å². The van der Waals surface area contributed by atoms with E-state index in [-0.39, 0.29) is 22.3 Å². The van der Waals surface area contributed by atoms with Gasteiger partial charge in [-0.3, -0.25) is 15.1 Å². The van der Waals surface area contributed by atoms with Gasteiger partial charge in [0, 0.05) is 23.7 Å². The molecule has 2 aromatic heterocycles. The summed E-state index contributed by atoms with van der Waals surface area (Å²) in [5.41, 5.74) is 0.694. The molecule has 8 nitrogen and oxygen atoms in total. The van der Waals surface area contributed by atoms with Crippen LogP contribution in [0.2, 0.25) is 0 Å². The molecule has 0 atom stereocenters. The Morgan fingerprint density at radius 3 is 2.55 bits per heavy atom. The number of fused-ring (bicyclic) bond motifs is 1. The number of methoxy groups -OCH3 is 2. The summed E-state index contributed by atoms with van der Waals surface area (Å²) in [5, 5.41) is 5.64. The van der Waals surface area contributed by atoms with Crippen LogP contribution in [0.1, 0.15) is 10.6 Å². The predicted molar refractivity (Wildman–Crippen MR) is 124 cm³/mol. The molecule has 0 aliphatic rings. The highest BCUT2D eigenvalue weighted by Crippen LogP contribution is 2.37. The second-order valence-electron chi connectivity index (χ2n) is 6.66. The van der Waals surface area contributed by atoms with Crippen molar-refractivity contribution < 1.29 is 27.8 Å². The number of furan rings is 1. The summed E-state index contributed by atoms with van der Waals surface area (Å²) in [6.07, 6.45) is 2.94. The molecule has 0 spiro atoms. The van der Waals surface area contributed by atoms with Gasteiger partial charge in [-0.1, -0.05) is 0 Å². The average Bonchev–Trinajstić information content (AvgIpc) is 3.35. The van der Waals surface area contributed by atoms with Gasteiger partial charge in [0.05, 0.1) is 31.7 Å². The topological polar surface area (TPSA) is 94.9 Å². The number of hydrogen-bond acceptors (Lipinski definition) is 7. The van der Waals surface area contributed by atoms with Gasteiger partial charge in [-0.2, -0.15) is 0 Å². The van der Waals surface area contributed by atoms with Gasteiger partial charge in [-0.25, -0.2) is 4.39 Å². The van der Waals surface area contributed by atoms with E-state index >= 15 is 0 Å². The molecular weight excluding hydrogens is 449 g/mol. The summed E-state index contributed by atoms with van der Waals surface area (Å²) in [6.45, 7) is 0. The lowest BCUT2D eigenvalue weighted by Crippen LogP contribution is -2.34. The van der Waals surface area contributed by atoms with Crippen molar-refractivity contribution in [3.05, 3.63) is 72.6 Å². The minimum atomic E-state index is -0.625. The minimum absolute atomic E-state index is 0.0677. The van der Waals surface area contributed by atoms with Crippen molar-refractivity contribution in [2.24, 2.45) is 0 Å². The van der Waals surface area contributed by atoms with E-state index in [1.165, 1.54) is 38.7 Å². The first-order valence-electron chi connectivity index (χ1n) is 9.62. The molecular formula is C23H18FN3O5S. The smallest absolute Gasteiger partial charge is 0.293 e. The number of pyridine rings is 1. The molecule has 0 bridgehead atoms. The third-order valence-electron chi connectivity index (χ3n) is 4.60. The van der Waals surface area contributed by atoms with Crippen LogP contribution in [-0.2, 0) is 0 Å². The van der Waals surface area contributed by atoms with E-state index in [0.29, 0.717) is 28.2 Å². The summed E-state index contributed by atoms with van der Waals surface area (Å²) in [6, 6.07) is 12.4. The number of aromatic nitrogens is 1. The Morgan fingerprint density at radius 2 is 1.85 bits per heavy atom. The number of halogens is 1. The van der Waals surface area contributed by atoms with Crippen molar-refractivity contribution in [1.82, 2.24) is 10.3 Å². The Hall–Kier alpha value is -4.18. The summed E-state index contributed by atoms with van der Waals surface area (Å²) in [5.74, 6) is 0.675. The van der Waals surface area contributed by atoms with Crippen molar-refractivity contribution in [2.45, 2.75) is 0 Å². The fourth-order valence-electron chi connectivity index (χ4n) is 3.05. The van der Waals surface area contributed by atoms with Gasteiger partial charge in [-0.15, -0.1) is 0 Å². The fourth-order valence-corrected chi connectivity index (χ4v) is 3.25. The van der Waals surface area contributed by atoms with E-state index in [1.807, 2.05) is 0 Å². The standard InChI is InChI=1S/C23H18FN3O5S/c1-29-20-11-14-17(12-21(20)30-2)25-8-7-18(14)32-13-5-6-16(15(24)10-13)26-23(33)27-22(28)19-4-3-9-31-19/h3-12H,1-2H3,(H2,26,27,28,33). The minimum Gasteiger partial charge on any atom is -0.493 e. The number of benzene rings is 2. The number of anilines is 1. The molecule has 0 radical (unpaired) electrons. The molecule has 4 aromatic rings. The number of thiocarbonyl (C=S) groups is 1. The van der Waals surface area contributed by atoms with Crippen LogP contribution in [0.15, 0.2) is 65.4 Å². The molecule has 0 unspecified atom stereocenters. The number of carbonyl (C=O) groups is 1. The third-order valence-corrected chi connectivity index (χ3v) is 4.80.